The first-order chi connectivity index (χ1) is 10.0. The molecule has 0 N–H and O–H groups in total. The lowest BCUT2D eigenvalue weighted by Crippen LogP contribution is -2.55. The molecule has 3 heteroatoms. The standard InChI is InChI=1S/C18H18F2N/c1-3-7-18-11-17(18,2)21-8-5-4-6-15(21)16-13(18)9-12(19)10-14(16)20/h3-8,10,13H,9,11H2,1-2H3/q+1. The van der Waals surface area contributed by atoms with E-state index in [0.29, 0.717) is 12.0 Å². The van der Waals surface area contributed by atoms with E-state index >= 15 is 0 Å². The van der Waals surface area contributed by atoms with E-state index in [0.717, 1.165) is 18.2 Å². The number of hydrogen-bond acceptors (Lipinski definition) is 0. The number of hydrogen-bond donors (Lipinski definition) is 0. The fourth-order valence-corrected chi connectivity index (χ4v) is 4.56. The SMILES string of the molecule is CC=CC12CC1(C)[n+]1ccccc1C1=C(F)C=C(F)CC12. The van der Waals surface area contributed by atoms with Crippen molar-refractivity contribution in [1.82, 2.24) is 0 Å². The minimum absolute atomic E-state index is 0.0812. The van der Waals surface area contributed by atoms with Crippen LogP contribution in [0.4, 0.5) is 8.78 Å². The number of fused-ring (bicyclic) bond motifs is 6. The fraction of sp³-hybridized carbons (Fsp3) is 0.389. The highest BCUT2D eigenvalue weighted by Crippen LogP contribution is 2.70. The summed E-state index contributed by atoms with van der Waals surface area (Å²) in [4.78, 5) is 0. The van der Waals surface area contributed by atoms with Gasteiger partial charge in [0.25, 0.3) is 0 Å². The van der Waals surface area contributed by atoms with Gasteiger partial charge in [0.1, 0.15) is 11.7 Å². The molecule has 0 aromatic carbocycles. The van der Waals surface area contributed by atoms with Crippen LogP contribution in [0.3, 0.4) is 0 Å². The average Bonchev–Trinajstić information content (AvgIpc) is 3.07. The molecule has 1 saturated carbocycles. The molecular formula is C18H18F2N+. The molecule has 0 amide bonds. The topological polar surface area (TPSA) is 3.88 Å². The predicted octanol–water partition coefficient (Wildman–Crippen LogP) is 4.22. The van der Waals surface area contributed by atoms with Gasteiger partial charge in [-0.1, -0.05) is 12.2 Å². The van der Waals surface area contributed by atoms with Crippen LogP contribution in [-0.4, -0.2) is 0 Å². The van der Waals surface area contributed by atoms with Crippen molar-refractivity contribution >= 4 is 5.57 Å². The molecular weight excluding hydrogens is 268 g/mol. The number of rotatable bonds is 1. The Bertz CT molecular complexity index is 730. The number of allylic oxidation sites excluding steroid dienone is 6. The molecule has 1 fully saturated rings. The molecule has 0 radical (unpaired) electrons. The van der Waals surface area contributed by atoms with Crippen LogP contribution in [0.15, 0.2) is 54.3 Å². The predicted molar refractivity (Wildman–Crippen MR) is 77.5 cm³/mol. The van der Waals surface area contributed by atoms with E-state index in [9.17, 15) is 8.78 Å². The first kappa shape index (κ1) is 12.9. The zero-order chi connectivity index (χ0) is 14.8. The van der Waals surface area contributed by atoms with E-state index in [-0.39, 0.29) is 22.7 Å². The van der Waals surface area contributed by atoms with Crippen molar-refractivity contribution < 1.29 is 13.3 Å². The molecule has 0 saturated heterocycles. The summed E-state index contributed by atoms with van der Waals surface area (Å²) >= 11 is 0. The first-order valence-corrected chi connectivity index (χ1v) is 7.45. The van der Waals surface area contributed by atoms with Gasteiger partial charge in [0.15, 0.2) is 11.7 Å². The normalized spacial score (nSPS) is 37.0. The Morgan fingerprint density at radius 3 is 2.90 bits per heavy atom. The molecule has 1 aromatic rings. The quantitative estimate of drug-likeness (QED) is 0.537. The third-order valence-corrected chi connectivity index (χ3v) is 5.56. The maximum Gasteiger partial charge on any atom is 0.212 e. The Morgan fingerprint density at radius 2 is 2.14 bits per heavy atom. The molecule has 4 rings (SSSR count). The number of nitrogens with zero attached hydrogens (tertiary/aromatic N) is 1. The molecule has 3 unspecified atom stereocenters. The zero-order valence-corrected chi connectivity index (χ0v) is 12.2. The minimum Gasteiger partial charge on any atom is -0.212 e. The third-order valence-electron chi connectivity index (χ3n) is 5.56. The monoisotopic (exact) mass is 286 g/mol. The summed E-state index contributed by atoms with van der Waals surface area (Å²) in [5, 5.41) is 0. The highest BCUT2D eigenvalue weighted by atomic mass is 19.1. The Labute approximate surface area is 123 Å². The van der Waals surface area contributed by atoms with E-state index < -0.39 is 5.83 Å². The van der Waals surface area contributed by atoms with Crippen LogP contribution in [-0.2, 0) is 5.54 Å². The second-order valence-corrected chi connectivity index (χ2v) is 6.56. The van der Waals surface area contributed by atoms with E-state index in [1.165, 1.54) is 0 Å². The van der Waals surface area contributed by atoms with E-state index in [1.807, 2.05) is 37.4 Å². The van der Waals surface area contributed by atoms with Gasteiger partial charge in [-0.15, -0.1) is 0 Å². The number of aromatic nitrogens is 1. The smallest absolute Gasteiger partial charge is 0.212 e. The van der Waals surface area contributed by atoms with Crippen molar-refractivity contribution in [1.29, 1.82) is 0 Å². The van der Waals surface area contributed by atoms with Crippen LogP contribution >= 0.6 is 0 Å². The summed E-state index contributed by atoms with van der Waals surface area (Å²) in [6, 6.07) is 5.85. The highest BCUT2D eigenvalue weighted by Gasteiger charge is 2.77. The van der Waals surface area contributed by atoms with Gasteiger partial charge in [-0.05, 0) is 13.0 Å². The summed E-state index contributed by atoms with van der Waals surface area (Å²) in [5.41, 5.74) is 1.32. The van der Waals surface area contributed by atoms with Crippen LogP contribution in [0.5, 0.6) is 0 Å². The van der Waals surface area contributed by atoms with Crippen LogP contribution < -0.4 is 4.57 Å². The van der Waals surface area contributed by atoms with Gasteiger partial charge in [-0.3, -0.25) is 0 Å². The molecule has 0 bridgehead atoms. The molecule has 2 heterocycles. The third kappa shape index (κ3) is 1.42. The van der Waals surface area contributed by atoms with Gasteiger partial charge in [0.2, 0.25) is 5.69 Å². The summed E-state index contributed by atoms with van der Waals surface area (Å²) in [6.07, 6.45) is 8.49. The Balaban J connectivity index is 2.04. The summed E-state index contributed by atoms with van der Waals surface area (Å²) in [7, 11) is 0. The molecule has 0 spiro atoms. The van der Waals surface area contributed by atoms with Crippen molar-refractivity contribution in [2.45, 2.75) is 32.2 Å². The molecule has 1 aliphatic heterocycles. The van der Waals surface area contributed by atoms with E-state index in [1.54, 1.807) is 0 Å². The van der Waals surface area contributed by atoms with Gasteiger partial charge in [0.05, 0.1) is 11.0 Å². The van der Waals surface area contributed by atoms with Crippen molar-refractivity contribution in [3.8, 4) is 0 Å². The molecule has 21 heavy (non-hydrogen) atoms. The average molecular weight is 286 g/mol. The van der Waals surface area contributed by atoms with Crippen molar-refractivity contribution in [3.63, 3.8) is 0 Å². The van der Waals surface area contributed by atoms with Gasteiger partial charge >= 0.3 is 0 Å². The van der Waals surface area contributed by atoms with Gasteiger partial charge in [-0.25, -0.2) is 8.78 Å². The number of pyridine rings is 1. The first-order valence-electron chi connectivity index (χ1n) is 7.45. The summed E-state index contributed by atoms with van der Waals surface area (Å²) in [5.74, 6) is -0.864. The molecule has 3 atom stereocenters. The maximum atomic E-state index is 14.5. The zero-order valence-electron chi connectivity index (χ0n) is 12.2. The lowest BCUT2D eigenvalue weighted by molar-refractivity contribution is -0.747. The minimum atomic E-state index is -0.415. The summed E-state index contributed by atoms with van der Waals surface area (Å²) in [6.45, 7) is 4.18. The van der Waals surface area contributed by atoms with Gasteiger partial charge < -0.3 is 0 Å². The molecule has 108 valence electrons. The van der Waals surface area contributed by atoms with Gasteiger partial charge in [-0.2, -0.15) is 4.57 Å². The van der Waals surface area contributed by atoms with E-state index in [4.69, 9.17) is 0 Å². The van der Waals surface area contributed by atoms with Crippen molar-refractivity contribution in [2.24, 2.45) is 11.3 Å². The Morgan fingerprint density at radius 1 is 1.33 bits per heavy atom. The largest absolute Gasteiger partial charge is 0.212 e. The second kappa shape index (κ2) is 3.90. The molecule has 1 aromatic heterocycles. The van der Waals surface area contributed by atoms with Crippen LogP contribution in [0.2, 0.25) is 0 Å². The second-order valence-electron chi connectivity index (χ2n) is 6.56. The summed E-state index contributed by atoms with van der Waals surface area (Å²) < 4.78 is 30.5. The lowest BCUT2D eigenvalue weighted by atomic mass is 9.71. The van der Waals surface area contributed by atoms with Crippen LogP contribution in [0, 0.1) is 11.3 Å². The van der Waals surface area contributed by atoms with Crippen LogP contribution in [0.1, 0.15) is 32.4 Å². The van der Waals surface area contributed by atoms with Crippen molar-refractivity contribution in [2.75, 3.05) is 0 Å². The number of halogens is 2. The Kier molecular flexibility index (Phi) is 2.40. The lowest BCUT2D eigenvalue weighted by Gasteiger charge is -2.34. The van der Waals surface area contributed by atoms with Crippen LogP contribution in [0.25, 0.3) is 5.57 Å². The van der Waals surface area contributed by atoms with Crippen molar-refractivity contribution in [3.05, 3.63) is 60.0 Å². The Hall–Kier alpha value is -1.77. The maximum absolute atomic E-state index is 14.5. The van der Waals surface area contributed by atoms with Gasteiger partial charge in [0, 0.05) is 43.9 Å². The highest BCUT2D eigenvalue weighted by molar-refractivity contribution is 5.72. The van der Waals surface area contributed by atoms with E-state index in [2.05, 4.69) is 17.6 Å². The fourth-order valence-electron chi connectivity index (χ4n) is 4.56. The molecule has 2 aliphatic carbocycles. The molecule has 3 aliphatic rings. The molecule has 1 nitrogen and oxygen atoms in total.